The van der Waals surface area contributed by atoms with Gasteiger partial charge in [0, 0.05) is 52.2 Å². The van der Waals surface area contributed by atoms with Crippen LogP contribution in [0.4, 0.5) is 0 Å². The van der Waals surface area contributed by atoms with E-state index in [2.05, 4.69) is 104 Å². The second-order valence-corrected chi connectivity index (χ2v) is 9.53. The molecule has 4 heteroatoms. The van der Waals surface area contributed by atoms with E-state index in [0.29, 0.717) is 13.2 Å². The second kappa shape index (κ2) is 10.4. The first-order chi connectivity index (χ1) is 18.0. The van der Waals surface area contributed by atoms with Crippen LogP contribution in [0.2, 0.25) is 0 Å². The predicted octanol–water partition coefficient (Wildman–Crippen LogP) is 8.23. The van der Waals surface area contributed by atoms with Crippen molar-refractivity contribution in [3.63, 3.8) is 0 Å². The SMILES string of the molecule is CCOc1ccc(C(c2c(C)n(CC)c3ccccc23)c2c(C)n(CC)c3ccccc23)cc1OCC. The molecule has 4 nitrogen and oxygen atoms in total. The van der Waals surface area contributed by atoms with E-state index in [9.17, 15) is 0 Å². The Morgan fingerprint density at radius 2 is 1.11 bits per heavy atom. The zero-order valence-corrected chi connectivity index (χ0v) is 23.0. The molecule has 0 N–H and O–H groups in total. The molecule has 0 aliphatic rings. The summed E-state index contributed by atoms with van der Waals surface area (Å²) in [6.45, 7) is 16.1. The summed E-state index contributed by atoms with van der Waals surface area (Å²) in [6, 6.07) is 24.2. The standard InChI is InChI=1S/C33H38N2O2/c1-7-34-22(5)31(25-15-11-13-17-27(25)34)33(24-19-20-29(36-9-3)30(21-24)37-10-4)32-23(6)35(8-2)28-18-14-12-16-26(28)32/h11-21,33H,7-10H2,1-6H3. The molecule has 2 aromatic heterocycles. The Balaban J connectivity index is 1.89. The molecule has 3 aromatic carbocycles. The van der Waals surface area contributed by atoms with Crippen molar-refractivity contribution in [3.8, 4) is 11.5 Å². The molecular formula is C33H38N2O2. The highest BCUT2D eigenvalue weighted by atomic mass is 16.5. The molecule has 5 rings (SSSR count). The van der Waals surface area contributed by atoms with Crippen molar-refractivity contribution >= 4 is 21.8 Å². The van der Waals surface area contributed by atoms with Crippen LogP contribution >= 0.6 is 0 Å². The summed E-state index contributed by atoms with van der Waals surface area (Å²) in [5, 5.41) is 2.62. The maximum absolute atomic E-state index is 6.10. The third kappa shape index (κ3) is 4.09. The Morgan fingerprint density at radius 3 is 1.59 bits per heavy atom. The number of ether oxygens (including phenoxy) is 2. The molecule has 192 valence electrons. The van der Waals surface area contributed by atoms with Gasteiger partial charge in [0.1, 0.15) is 0 Å². The van der Waals surface area contributed by atoms with Gasteiger partial charge in [0.15, 0.2) is 11.5 Å². The van der Waals surface area contributed by atoms with Crippen LogP contribution in [0.1, 0.15) is 61.7 Å². The molecule has 0 radical (unpaired) electrons. The summed E-state index contributed by atoms with van der Waals surface area (Å²) < 4.78 is 16.9. The van der Waals surface area contributed by atoms with Gasteiger partial charge in [-0.2, -0.15) is 0 Å². The second-order valence-electron chi connectivity index (χ2n) is 9.53. The quantitative estimate of drug-likeness (QED) is 0.206. The van der Waals surface area contributed by atoms with Gasteiger partial charge >= 0.3 is 0 Å². The number of fused-ring (bicyclic) bond motifs is 2. The highest BCUT2D eigenvalue weighted by Crippen LogP contribution is 2.46. The van der Waals surface area contributed by atoms with E-state index in [-0.39, 0.29) is 5.92 Å². The molecule has 0 saturated heterocycles. The van der Waals surface area contributed by atoms with Crippen molar-refractivity contribution < 1.29 is 9.47 Å². The van der Waals surface area contributed by atoms with Gasteiger partial charge in [-0.05, 0) is 82.5 Å². The number of aromatic nitrogens is 2. The van der Waals surface area contributed by atoms with Gasteiger partial charge in [-0.3, -0.25) is 0 Å². The van der Waals surface area contributed by atoms with Gasteiger partial charge in [-0.15, -0.1) is 0 Å². The first-order valence-corrected chi connectivity index (χ1v) is 13.6. The Kier molecular flexibility index (Phi) is 7.01. The Hall–Kier alpha value is -3.66. The molecule has 0 unspecified atom stereocenters. The number of aryl methyl sites for hydroxylation is 2. The van der Waals surface area contributed by atoms with Crippen molar-refractivity contribution in [2.75, 3.05) is 13.2 Å². The van der Waals surface area contributed by atoms with E-state index in [4.69, 9.17) is 9.47 Å². The average molecular weight is 495 g/mol. The number of hydrogen-bond acceptors (Lipinski definition) is 2. The Labute approximate surface area is 220 Å². The monoisotopic (exact) mass is 494 g/mol. The average Bonchev–Trinajstić information content (AvgIpc) is 3.36. The van der Waals surface area contributed by atoms with Gasteiger partial charge in [-0.1, -0.05) is 42.5 Å². The summed E-state index contributed by atoms with van der Waals surface area (Å²) in [7, 11) is 0. The van der Waals surface area contributed by atoms with Gasteiger partial charge in [0.25, 0.3) is 0 Å². The number of nitrogens with zero attached hydrogens (tertiary/aromatic N) is 2. The van der Waals surface area contributed by atoms with E-state index >= 15 is 0 Å². The minimum absolute atomic E-state index is 0.0466. The minimum Gasteiger partial charge on any atom is -0.490 e. The van der Waals surface area contributed by atoms with E-state index in [1.54, 1.807) is 0 Å². The van der Waals surface area contributed by atoms with Crippen LogP contribution in [0, 0.1) is 13.8 Å². The Bertz CT molecular complexity index is 1470. The summed E-state index contributed by atoms with van der Waals surface area (Å²) >= 11 is 0. The summed E-state index contributed by atoms with van der Waals surface area (Å²) in [6.07, 6.45) is 0. The van der Waals surface area contributed by atoms with Crippen LogP contribution in [0.15, 0.2) is 66.7 Å². The zero-order valence-electron chi connectivity index (χ0n) is 23.0. The molecule has 0 aliphatic carbocycles. The fourth-order valence-electron chi connectivity index (χ4n) is 6.18. The van der Waals surface area contributed by atoms with E-state index in [1.807, 2.05) is 13.8 Å². The maximum atomic E-state index is 6.10. The molecule has 0 bridgehead atoms. The molecule has 0 saturated carbocycles. The van der Waals surface area contributed by atoms with Crippen molar-refractivity contribution in [2.45, 2.75) is 60.5 Å². The smallest absolute Gasteiger partial charge is 0.161 e. The summed E-state index contributed by atoms with van der Waals surface area (Å²) in [4.78, 5) is 0. The molecule has 0 spiro atoms. The lowest BCUT2D eigenvalue weighted by Gasteiger charge is -2.22. The van der Waals surface area contributed by atoms with Crippen LogP contribution in [-0.4, -0.2) is 22.3 Å². The van der Waals surface area contributed by atoms with E-state index < -0.39 is 0 Å². The third-order valence-corrected chi connectivity index (χ3v) is 7.67. The lowest BCUT2D eigenvalue weighted by molar-refractivity contribution is 0.287. The van der Waals surface area contributed by atoms with E-state index in [1.165, 1.54) is 49.9 Å². The first-order valence-electron chi connectivity index (χ1n) is 13.6. The third-order valence-electron chi connectivity index (χ3n) is 7.67. The fourth-order valence-corrected chi connectivity index (χ4v) is 6.18. The van der Waals surface area contributed by atoms with Gasteiger partial charge in [0.2, 0.25) is 0 Å². The topological polar surface area (TPSA) is 28.3 Å². The Morgan fingerprint density at radius 1 is 0.622 bits per heavy atom. The summed E-state index contributed by atoms with van der Waals surface area (Å²) in [5.74, 6) is 1.65. The molecule has 0 aliphatic heterocycles. The van der Waals surface area contributed by atoms with Gasteiger partial charge in [0.05, 0.1) is 13.2 Å². The number of para-hydroxylation sites is 2. The number of hydrogen-bond donors (Lipinski definition) is 0. The molecule has 0 atom stereocenters. The van der Waals surface area contributed by atoms with Crippen molar-refractivity contribution in [2.24, 2.45) is 0 Å². The predicted molar refractivity (Wildman–Crippen MR) is 154 cm³/mol. The van der Waals surface area contributed by atoms with Gasteiger partial charge < -0.3 is 18.6 Å². The molecular weight excluding hydrogens is 456 g/mol. The van der Waals surface area contributed by atoms with E-state index in [0.717, 1.165) is 24.6 Å². The molecule has 5 aromatic rings. The lowest BCUT2D eigenvalue weighted by atomic mass is 9.82. The molecule has 0 fully saturated rings. The normalized spacial score (nSPS) is 11.6. The van der Waals surface area contributed by atoms with Crippen LogP contribution in [0.5, 0.6) is 11.5 Å². The van der Waals surface area contributed by atoms with Crippen molar-refractivity contribution in [1.82, 2.24) is 9.13 Å². The zero-order chi connectivity index (χ0) is 26.1. The van der Waals surface area contributed by atoms with Crippen LogP contribution in [-0.2, 0) is 13.1 Å². The van der Waals surface area contributed by atoms with Crippen molar-refractivity contribution in [1.29, 1.82) is 0 Å². The van der Waals surface area contributed by atoms with Gasteiger partial charge in [-0.25, -0.2) is 0 Å². The molecule has 37 heavy (non-hydrogen) atoms. The first kappa shape index (κ1) is 25.0. The van der Waals surface area contributed by atoms with Crippen molar-refractivity contribution in [3.05, 3.63) is 94.8 Å². The minimum atomic E-state index is 0.0466. The molecule has 0 amide bonds. The largest absolute Gasteiger partial charge is 0.490 e. The van der Waals surface area contributed by atoms with Crippen LogP contribution < -0.4 is 9.47 Å². The number of rotatable bonds is 9. The van der Waals surface area contributed by atoms with Crippen LogP contribution in [0.3, 0.4) is 0 Å². The molecule has 2 heterocycles. The fraction of sp³-hybridized carbons (Fsp3) is 0.333. The van der Waals surface area contributed by atoms with Crippen LogP contribution in [0.25, 0.3) is 21.8 Å². The maximum Gasteiger partial charge on any atom is 0.161 e. The summed E-state index contributed by atoms with van der Waals surface area (Å²) in [5.41, 5.74) is 9.15. The highest BCUT2D eigenvalue weighted by Gasteiger charge is 2.30. The highest BCUT2D eigenvalue weighted by molar-refractivity contribution is 5.91. The lowest BCUT2D eigenvalue weighted by Crippen LogP contribution is -2.09. The number of benzene rings is 3.